The van der Waals surface area contributed by atoms with Crippen molar-refractivity contribution >= 4 is 23.2 Å². The number of nitrogens with one attached hydrogen (secondary N) is 2. The number of nitrogens with zero attached hydrogens (tertiary/aromatic N) is 2. The molecule has 0 radical (unpaired) electrons. The average Bonchev–Trinajstić information content (AvgIpc) is 3.44. The highest BCUT2D eigenvalue weighted by atomic mass is 32.1. The zero-order valence-corrected chi connectivity index (χ0v) is 17.6. The summed E-state index contributed by atoms with van der Waals surface area (Å²) < 4.78 is 7.46. The molecular weight excluding hydrogens is 400 g/mol. The lowest BCUT2D eigenvalue weighted by Crippen LogP contribution is -2.30. The number of rotatable bonds is 7. The number of amides is 2. The largest absolute Gasteiger partial charge is 0.373 e. The molecule has 1 atom stereocenters. The Balaban J connectivity index is 1.55. The molecule has 2 aromatic heterocycles. The van der Waals surface area contributed by atoms with Gasteiger partial charge in [-0.1, -0.05) is 37.3 Å². The van der Waals surface area contributed by atoms with E-state index in [2.05, 4.69) is 15.6 Å². The Labute approximate surface area is 179 Å². The van der Waals surface area contributed by atoms with Crippen molar-refractivity contribution in [3.05, 3.63) is 75.5 Å². The summed E-state index contributed by atoms with van der Waals surface area (Å²) in [7, 11) is 0. The van der Waals surface area contributed by atoms with E-state index >= 15 is 0 Å². The lowest BCUT2D eigenvalue weighted by Gasteiger charge is -2.20. The van der Waals surface area contributed by atoms with Crippen LogP contribution in [0.1, 0.15) is 56.5 Å². The van der Waals surface area contributed by atoms with Crippen LogP contribution < -0.4 is 10.6 Å². The van der Waals surface area contributed by atoms with Gasteiger partial charge in [-0.25, -0.2) is 4.98 Å². The predicted octanol–water partition coefficient (Wildman–Crippen LogP) is 3.29. The van der Waals surface area contributed by atoms with Crippen molar-refractivity contribution in [1.29, 1.82) is 0 Å². The van der Waals surface area contributed by atoms with E-state index in [1.165, 1.54) is 11.3 Å². The fourth-order valence-electron chi connectivity index (χ4n) is 3.64. The first kappa shape index (κ1) is 20.3. The lowest BCUT2D eigenvalue weighted by atomic mass is 10.0. The van der Waals surface area contributed by atoms with E-state index in [1.807, 2.05) is 47.2 Å². The highest BCUT2D eigenvalue weighted by molar-refractivity contribution is 7.09. The van der Waals surface area contributed by atoms with E-state index < -0.39 is 0 Å². The average molecular weight is 425 g/mol. The van der Waals surface area contributed by atoms with Crippen molar-refractivity contribution in [2.45, 2.75) is 39.1 Å². The fraction of sp³-hybridized carbons (Fsp3) is 0.318. The second-order valence-corrected chi connectivity index (χ2v) is 8.03. The van der Waals surface area contributed by atoms with E-state index in [9.17, 15) is 9.59 Å². The van der Waals surface area contributed by atoms with Crippen LogP contribution >= 0.6 is 11.3 Å². The van der Waals surface area contributed by atoms with Gasteiger partial charge in [0.1, 0.15) is 10.7 Å². The molecule has 1 aromatic carbocycles. The van der Waals surface area contributed by atoms with Crippen LogP contribution in [0.25, 0.3) is 0 Å². The van der Waals surface area contributed by atoms with Gasteiger partial charge in [-0.15, -0.1) is 11.3 Å². The summed E-state index contributed by atoms with van der Waals surface area (Å²) >= 11 is 1.49. The molecule has 1 unspecified atom stereocenters. The van der Waals surface area contributed by atoms with Crippen molar-refractivity contribution < 1.29 is 14.3 Å². The molecule has 156 valence electrons. The highest BCUT2D eigenvalue weighted by Crippen LogP contribution is 2.23. The molecule has 2 N–H and O–H groups in total. The third-order valence-electron chi connectivity index (χ3n) is 5.18. The molecule has 2 amide bonds. The maximum Gasteiger partial charge on any atom is 0.268 e. The van der Waals surface area contributed by atoms with Crippen molar-refractivity contribution in [2.75, 3.05) is 6.61 Å². The van der Waals surface area contributed by atoms with Crippen molar-refractivity contribution in [3.63, 3.8) is 0 Å². The Morgan fingerprint density at radius 3 is 2.83 bits per heavy atom. The first-order chi connectivity index (χ1) is 14.7. The fourth-order valence-corrected chi connectivity index (χ4v) is 4.19. The van der Waals surface area contributed by atoms with Crippen LogP contribution in [0.15, 0.2) is 48.0 Å². The van der Waals surface area contributed by atoms with Crippen LogP contribution in [0.4, 0.5) is 0 Å². The summed E-state index contributed by atoms with van der Waals surface area (Å²) in [6.07, 6.45) is 2.48. The summed E-state index contributed by atoms with van der Waals surface area (Å²) in [5.41, 5.74) is 2.76. The third-order valence-corrected chi connectivity index (χ3v) is 5.96. The summed E-state index contributed by atoms with van der Waals surface area (Å²) in [6.45, 7) is 3.76. The molecule has 0 spiro atoms. The van der Waals surface area contributed by atoms with Gasteiger partial charge in [-0.05, 0) is 18.1 Å². The number of carbonyl (C=O) groups is 2. The molecule has 0 aliphatic carbocycles. The maximum atomic E-state index is 13.1. The molecule has 30 heavy (non-hydrogen) atoms. The Hall–Kier alpha value is -2.97. The summed E-state index contributed by atoms with van der Waals surface area (Å²) in [5, 5.41) is 8.71. The first-order valence-corrected chi connectivity index (χ1v) is 10.9. The van der Waals surface area contributed by atoms with Gasteiger partial charge in [0.25, 0.3) is 11.8 Å². The lowest BCUT2D eigenvalue weighted by molar-refractivity contribution is 0.0776. The minimum Gasteiger partial charge on any atom is -0.373 e. The minimum atomic E-state index is -0.220. The van der Waals surface area contributed by atoms with Gasteiger partial charge in [-0.3, -0.25) is 9.59 Å². The molecule has 0 saturated heterocycles. The quantitative estimate of drug-likeness (QED) is 0.610. The minimum absolute atomic E-state index is 0.0964. The maximum absolute atomic E-state index is 13.1. The number of aromatic nitrogens is 2. The number of fused-ring (bicyclic) bond motifs is 1. The molecule has 7 nitrogen and oxygen atoms in total. The van der Waals surface area contributed by atoms with Crippen LogP contribution in [0.2, 0.25) is 0 Å². The van der Waals surface area contributed by atoms with E-state index in [0.717, 1.165) is 22.7 Å². The monoisotopic (exact) mass is 424 g/mol. The van der Waals surface area contributed by atoms with Crippen LogP contribution in [0, 0.1) is 0 Å². The molecule has 8 heteroatoms. The van der Waals surface area contributed by atoms with Crippen LogP contribution in [0.5, 0.6) is 0 Å². The number of thiazole rings is 1. The summed E-state index contributed by atoms with van der Waals surface area (Å²) in [4.78, 5) is 30.1. The molecule has 1 aliphatic heterocycles. The van der Waals surface area contributed by atoms with E-state index in [-0.39, 0.29) is 17.9 Å². The molecule has 3 heterocycles. The number of ether oxygens (including phenoxy) is 1. The van der Waals surface area contributed by atoms with Gasteiger partial charge < -0.3 is 19.9 Å². The Bertz CT molecular complexity index is 1010. The Morgan fingerprint density at radius 1 is 1.27 bits per heavy atom. The Morgan fingerprint density at radius 2 is 2.10 bits per heavy atom. The van der Waals surface area contributed by atoms with Gasteiger partial charge in [0, 0.05) is 18.1 Å². The number of carbonyl (C=O) groups excluding carboxylic acids is 2. The van der Waals surface area contributed by atoms with E-state index in [1.54, 1.807) is 12.3 Å². The smallest absolute Gasteiger partial charge is 0.268 e. The second kappa shape index (κ2) is 9.23. The molecule has 0 fully saturated rings. The third kappa shape index (κ3) is 4.29. The molecular formula is C22H24N4O3S. The zero-order chi connectivity index (χ0) is 20.9. The predicted molar refractivity (Wildman–Crippen MR) is 114 cm³/mol. The van der Waals surface area contributed by atoms with E-state index in [4.69, 9.17) is 4.74 Å². The first-order valence-electron chi connectivity index (χ1n) is 10.00. The van der Waals surface area contributed by atoms with Crippen LogP contribution in [0.3, 0.4) is 0 Å². The number of hydrogen-bond donors (Lipinski definition) is 2. The zero-order valence-electron chi connectivity index (χ0n) is 16.8. The van der Waals surface area contributed by atoms with Crippen molar-refractivity contribution in [3.8, 4) is 0 Å². The molecule has 0 saturated carbocycles. The number of hydrogen-bond acceptors (Lipinski definition) is 5. The normalized spacial score (nSPS) is 14.0. The van der Waals surface area contributed by atoms with Gasteiger partial charge >= 0.3 is 0 Å². The van der Waals surface area contributed by atoms with Gasteiger partial charge in [0.15, 0.2) is 0 Å². The molecule has 1 aliphatic rings. The molecule has 3 aromatic rings. The Kier molecular flexibility index (Phi) is 6.25. The molecule has 0 bridgehead atoms. The summed E-state index contributed by atoms with van der Waals surface area (Å²) in [6, 6.07) is 11.5. The van der Waals surface area contributed by atoms with Crippen molar-refractivity contribution in [1.82, 2.24) is 20.2 Å². The van der Waals surface area contributed by atoms with Gasteiger partial charge in [0.2, 0.25) is 0 Å². The highest BCUT2D eigenvalue weighted by Gasteiger charge is 2.27. The van der Waals surface area contributed by atoms with Crippen LogP contribution in [-0.4, -0.2) is 28.0 Å². The van der Waals surface area contributed by atoms with Crippen LogP contribution in [-0.2, 0) is 24.4 Å². The van der Waals surface area contributed by atoms with E-state index in [0.29, 0.717) is 37.6 Å². The van der Waals surface area contributed by atoms with Gasteiger partial charge in [-0.2, -0.15) is 0 Å². The second-order valence-electron chi connectivity index (χ2n) is 7.05. The standard InChI is InChI=1S/C22H24N4O3S/c1-2-17(15-6-4-3-5-7-15)25-21(27)16-12-18(26-9-10-29-14-19(16)26)22(28)24-13-20-23-8-11-30-20/h3-8,11-12,17H,2,9-10,13-14H2,1H3,(H,24,28)(H,25,27). The summed E-state index contributed by atoms with van der Waals surface area (Å²) in [5.74, 6) is -0.415. The van der Waals surface area contributed by atoms with Gasteiger partial charge in [0.05, 0.1) is 37.1 Å². The topological polar surface area (TPSA) is 85.3 Å². The molecule has 4 rings (SSSR count). The SMILES string of the molecule is CCC(NC(=O)c1cc(C(=O)NCc2nccs2)n2c1COCC2)c1ccccc1. The number of benzene rings is 1. The van der Waals surface area contributed by atoms with Crippen molar-refractivity contribution in [2.24, 2.45) is 0 Å².